The molecule has 2 saturated heterocycles. The van der Waals surface area contributed by atoms with E-state index < -0.39 is 0 Å². The number of piperazine rings is 1. The van der Waals surface area contributed by atoms with E-state index in [0.29, 0.717) is 38.3 Å². The van der Waals surface area contributed by atoms with E-state index in [-0.39, 0.29) is 23.8 Å². The van der Waals surface area contributed by atoms with E-state index in [1.807, 2.05) is 47.4 Å². The Morgan fingerprint density at radius 3 is 2.35 bits per heavy atom. The molecule has 2 aliphatic rings. The Hall–Kier alpha value is -3.73. The molecule has 3 aromatic rings. The Labute approximate surface area is 217 Å². The van der Waals surface area contributed by atoms with Crippen molar-refractivity contribution in [1.29, 1.82) is 5.26 Å². The summed E-state index contributed by atoms with van der Waals surface area (Å²) in [5.74, 6) is -0.0595. The largest absolute Gasteiger partial charge is 0.367 e. The van der Waals surface area contributed by atoms with E-state index in [0.717, 1.165) is 30.8 Å². The van der Waals surface area contributed by atoms with Gasteiger partial charge in [-0.25, -0.2) is 4.39 Å². The molecule has 0 spiro atoms. The van der Waals surface area contributed by atoms with Crippen molar-refractivity contribution in [3.8, 4) is 6.07 Å². The van der Waals surface area contributed by atoms with Crippen LogP contribution >= 0.6 is 0 Å². The Balaban J connectivity index is 1.24. The normalized spacial score (nSPS) is 20.1. The van der Waals surface area contributed by atoms with E-state index >= 15 is 0 Å². The van der Waals surface area contributed by atoms with Gasteiger partial charge in [-0.05, 0) is 41.8 Å². The Kier molecular flexibility index (Phi) is 7.79. The summed E-state index contributed by atoms with van der Waals surface area (Å²) >= 11 is 0. The number of halogens is 1. The maximum Gasteiger partial charge on any atom is 0.240 e. The van der Waals surface area contributed by atoms with Crippen LogP contribution < -0.4 is 10.2 Å². The number of nitriles is 1. The van der Waals surface area contributed by atoms with Gasteiger partial charge >= 0.3 is 0 Å². The number of nitrogens with zero attached hydrogens (tertiary/aromatic N) is 4. The van der Waals surface area contributed by atoms with Gasteiger partial charge in [-0.3, -0.25) is 9.69 Å². The standard InChI is InChI=1S/C30H32FN5O/c31-26-12-10-23(11-13-26)20-33-27-18-29(36(22-27)21-24-6-2-1-3-7-24)30(37)35-16-14-34(15-17-35)28-9-5-4-8-25(28)19-32/h1-13,27,29,33H,14-18,20-22H2. The van der Waals surface area contributed by atoms with Crippen molar-refractivity contribution >= 4 is 11.6 Å². The van der Waals surface area contributed by atoms with E-state index in [2.05, 4.69) is 33.3 Å². The molecule has 190 valence electrons. The highest BCUT2D eigenvalue weighted by Crippen LogP contribution is 2.25. The van der Waals surface area contributed by atoms with Crippen LogP contribution in [-0.4, -0.2) is 60.5 Å². The molecule has 0 bridgehead atoms. The van der Waals surface area contributed by atoms with Crippen molar-refractivity contribution < 1.29 is 9.18 Å². The maximum absolute atomic E-state index is 13.8. The molecule has 2 unspecified atom stereocenters. The van der Waals surface area contributed by atoms with Crippen molar-refractivity contribution in [3.63, 3.8) is 0 Å². The molecule has 37 heavy (non-hydrogen) atoms. The van der Waals surface area contributed by atoms with Gasteiger partial charge in [-0.1, -0.05) is 54.6 Å². The van der Waals surface area contributed by atoms with Crippen LogP contribution in [0.4, 0.5) is 10.1 Å². The van der Waals surface area contributed by atoms with Gasteiger partial charge in [0, 0.05) is 51.9 Å². The summed E-state index contributed by atoms with van der Waals surface area (Å²) in [4.78, 5) is 20.2. The Bertz CT molecular complexity index is 1230. The van der Waals surface area contributed by atoms with Gasteiger partial charge in [0.05, 0.1) is 17.3 Å². The molecule has 3 aromatic carbocycles. The summed E-state index contributed by atoms with van der Waals surface area (Å²) in [6.45, 7) is 4.85. The number of hydrogen-bond acceptors (Lipinski definition) is 5. The first-order valence-electron chi connectivity index (χ1n) is 12.9. The third-order valence-electron chi connectivity index (χ3n) is 7.38. The molecule has 2 aliphatic heterocycles. The fraction of sp³-hybridized carbons (Fsp3) is 0.333. The second-order valence-electron chi connectivity index (χ2n) is 9.81. The monoisotopic (exact) mass is 497 g/mol. The van der Waals surface area contributed by atoms with Gasteiger partial charge in [0.2, 0.25) is 5.91 Å². The average Bonchev–Trinajstić information content (AvgIpc) is 3.35. The summed E-state index contributed by atoms with van der Waals surface area (Å²) in [7, 11) is 0. The van der Waals surface area contributed by atoms with Gasteiger partial charge in [0.1, 0.15) is 11.9 Å². The number of anilines is 1. The van der Waals surface area contributed by atoms with Crippen LogP contribution in [0.5, 0.6) is 0 Å². The lowest BCUT2D eigenvalue weighted by Crippen LogP contribution is -2.53. The van der Waals surface area contributed by atoms with Gasteiger partial charge in [0.25, 0.3) is 0 Å². The molecule has 2 heterocycles. The first-order valence-corrected chi connectivity index (χ1v) is 12.9. The molecule has 5 rings (SSSR count). The van der Waals surface area contributed by atoms with Crippen LogP contribution in [0.3, 0.4) is 0 Å². The highest BCUT2D eigenvalue weighted by atomic mass is 19.1. The average molecular weight is 498 g/mol. The Morgan fingerprint density at radius 1 is 0.919 bits per heavy atom. The van der Waals surface area contributed by atoms with Gasteiger partial charge in [-0.15, -0.1) is 0 Å². The smallest absolute Gasteiger partial charge is 0.240 e. The summed E-state index contributed by atoms with van der Waals surface area (Å²) in [5.41, 5.74) is 3.83. The quantitative estimate of drug-likeness (QED) is 0.538. The van der Waals surface area contributed by atoms with Crippen LogP contribution in [0, 0.1) is 17.1 Å². The van der Waals surface area contributed by atoms with E-state index in [1.54, 1.807) is 12.1 Å². The highest BCUT2D eigenvalue weighted by Gasteiger charge is 2.39. The summed E-state index contributed by atoms with van der Waals surface area (Å²) in [5, 5.41) is 13.1. The van der Waals surface area contributed by atoms with Crippen LogP contribution in [-0.2, 0) is 17.9 Å². The molecule has 2 atom stereocenters. The molecule has 0 saturated carbocycles. The van der Waals surface area contributed by atoms with E-state index in [4.69, 9.17) is 0 Å². The lowest BCUT2D eigenvalue weighted by Gasteiger charge is -2.38. The molecule has 6 nitrogen and oxygen atoms in total. The fourth-order valence-corrected chi connectivity index (χ4v) is 5.39. The lowest BCUT2D eigenvalue weighted by molar-refractivity contribution is -0.136. The lowest BCUT2D eigenvalue weighted by atomic mass is 10.1. The number of carbonyl (C=O) groups excluding carboxylic acids is 1. The molecule has 0 radical (unpaired) electrons. The zero-order valence-corrected chi connectivity index (χ0v) is 20.9. The molecule has 1 N–H and O–H groups in total. The zero-order chi connectivity index (χ0) is 25.6. The number of nitrogens with one attached hydrogen (secondary N) is 1. The molecule has 0 aliphatic carbocycles. The van der Waals surface area contributed by atoms with E-state index in [9.17, 15) is 14.4 Å². The summed E-state index contributed by atoms with van der Waals surface area (Å²) in [6.07, 6.45) is 0.740. The fourth-order valence-electron chi connectivity index (χ4n) is 5.39. The van der Waals surface area contributed by atoms with Crippen LogP contribution in [0.1, 0.15) is 23.1 Å². The second-order valence-corrected chi connectivity index (χ2v) is 9.81. The van der Waals surface area contributed by atoms with Crippen molar-refractivity contribution in [2.45, 2.75) is 31.6 Å². The molecule has 1 amide bonds. The van der Waals surface area contributed by atoms with Gasteiger partial charge in [0.15, 0.2) is 0 Å². The predicted molar refractivity (Wildman–Crippen MR) is 142 cm³/mol. The number of carbonyl (C=O) groups is 1. The number of likely N-dealkylation sites (tertiary alicyclic amines) is 1. The minimum absolute atomic E-state index is 0.173. The number of hydrogen-bond donors (Lipinski definition) is 1. The number of amides is 1. The van der Waals surface area contributed by atoms with Crippen LogP contribution in [0.2, 0.25) is 0 Å². The highest BCUT2D eigenvalue weighted by molar-refractivity contribution is 5.82. The molecule has 7 heteroatoms. The summed E-state index contributed by atoms with van der Waals surface area (Å²) in [6, 6.07) is 26.7. The molecular formula is C30H32FN5O. The van der Waals surface area contributed by atoms with Crippen molar-refractivity contribution in [3.05, 3.63) is 101 Å². The first-order chi connectivity index (χ1) is 18.1. The maximum atomic E-state index is 13.8. The van der Waals surface area contributed by atoms with Crippen molar-refractivity contribution in [2.75, 3.05) is 37.6 Å². The minimum atomic E-state index is -0.236. The SMILES string of the molecule is N#Cc1ccccc1N1CCN(C(=O)C2CC(NCc3ccc(F)cc3)CN2Cc2ccccc2)CC1. The first kappa shape index (κ1) is 24.9. The third kappa shape index (κ3) is 5.99. The van der Waals surface area contributed by atoms with Crippen molar-refractivity contribution in [1.82, 2.24) is 15.1 Å². The molecular weight excluding hydrogens is 465 g/mol. The Morgan fingerprint density at radius 2 is 1.62 bits per heavy atom. The number of rotatable bonds is 7. The number of para-hydroxylation sites is 1. The van der Waals surface area contributed by atoms with Crippen molar-refractivity contribution in [2.24, 2.45) is 0 Å². The van der Waals surface area contributed by atoms with E-state index in [1.165, 1.54) is 17.7 Å². The predicted octanol–water partition coefficient (Wildman–Crippen LogP) is 3.78. The zero-order valence-electron chi connectivity index (χ0n) is 20.9. The molecule has 0 aromatic heterocycles. The number of benzene rings is 3. The topological polar surface area (TPSA) is 62.6 Å². The minimum Gasteiger partial charge on any atom is -0.367 e. The third-order valence-corrected chi connectivity index (χ3v) is 7.38. The van der Waals surface area contributed by atoms with Crippen LogP contribution in [0.15, 0.2) is 78.9 Å². The van der Waals surface area contributed by atoms with Gasteiger partial charge in [-0.2, -0.15) is 5.26 Å². The van der Waals surface area contributed by atoms with Gasteiger partial charge < -0.3 is 15.1 Å². The summed E-state index contributed by atoms with van der Waals surface area (Å²) < 4.78 is 13.3. The van der Waals surface area contributed by atoms with Crippen LogP contribution in [0.25, 0.3) is 0 Å². The molecule has 2 fully saturated rings. The second kappa shape index (κ2) is 11.5.